The van der Waals surface area contributed by atoms with Crippen molar-refractivity contribution in [3.05, 3.63) is 18.0 Å². The van der Waals surface area contributed by atoms with E-state index in [1.54, 1.807) is 0 Å². The summed E-state index contributed by atoms with van der Waals surface area (Å²) in [4.78, 5) is 11.3. The minimum atomic E-state index is -0.222. The van der Waals surface area contributed by atoms with Gasteiger partial charge in [-0.15, -0.1) is 0 Å². The molecule has 2 N–H and O–H groups in total. The summed E-state index contributed by atoms with van der Waals surface area (Å²) in [5.41, 5.74) is 0.296. The van der Waals surface area contributed by atoms with Crippen molar-refractivity contribution in [3.8, 4) is 0 Å². The molecule has 0 aliphatic heterocycles. The Morgan fingerprint density at radius 1 is 1.71 bits per heavy atom. The predicted molar refractivity (Wildman–Crippen MR) is 47.6 cm³/mol. The molecule has 1 amide bonds. The van der Waals surface area contributed by atoms with Crippen LogP contribution in [0, 0.1) is 5.92 Å². The molecule has 0 unspecified atom stereocenters. The van der Waals surface area contributed by atoms with Gasteiger partial charge in [0.25, 0.3) is 5.91 Å². The summed E-state index contributed by atoms with van der Waals surface area (Å²) >= 11 is 0. The van der Waals surface area contributed by atoms with Gasteiger partial charge in [0.05, 0.1) is 6.10 Å². The van der Waals surface area contributed by atoms with Crippen LogP contribution in [-0.4, -0.2) is 28.8 Å². The zero-order chi connectivity index (χ0) is 9.97. The SMILES string of the molecule is O=C(NCC1CC(O)C1)c1ccon1. The Bertz CT molecular complexity index is 304. The normalized spacial score (nSPS) is 25.5. The van der Waals surface area contributed by atoms with E-state index in [0.29, 0.717) is 18.2 Å². The molecule has 5 nitrogen and oxygen atoms in total. The van der Waals surface area contributed by atoms with E-state index in [2.05, 4.69) is 15.0 Å². The summed E-state index contributed by atoms with van der Waals surface area (Å²) in [6.07, 6.45) is 2.74. The molecular weight excluding hydrogens is 184 g/mol. The van der Waals surface area contributed by atoms with Crippen LogP contribution in [0.15, 0.2) is 16.9 Å². The van der Waals surface area contributed by atoms with Gasteiger partial charge in [0, 0.05) is 12.6 Å². The number of carbonyl (C=O) groups is 1. The Morgan fingerprint density at radius 2 is 2.50 bits per heavy atom. The highest BCUT2D eigenvalue weighted by Gasteiger charge is 2.27. The predicted octanol–water partition coefficient (Wildman–Crippen LogP) is 0.175. The van der Waals surface area contributed by atoms with Crippen LogP contribution in [0.3, 0.4) is 0 Å². The van der Waals surface area contributed by atoms with Gasteiger partial charge in [-0.1, -0.05) is 5.16 Å². The topological polar surface area (TPSA) is 75.4 Å². The van der Waals surface area contributed by atoms with Crippen LogP contribution in [0.4, 0.5) is 0 Å². The minimum absolute atomic E-state index is 0.177. The molecule has 1 aliphatic carbocycles. The fourth-order valence-corrected chi connectivity index (χ4v) is 1.52. The molecule has 5 heteroatoms. The van der Waals surface area contributed by atoms with Gasteiger partial charge in [0.15, 0.2) is 5.69 Å². The fourth-order valence-electron chi connectivity index (χ4n) is 1.52. The van der Waals surface area contributed by atoms with E-state index in [9.17, 15) is 4.79 Å². The van der Waals surface area contributed by atoms with Crippen LogP contribution >= 0.6 is 0 Å². The molecule has 0 spiro atoms. The van der Waals surface area contributed by atoms with Gasteiger partial charge in [-0.2, -0.15) is 0 Å². The minimum Gasteiger partial charge on any atom is -0.393 e. The zero-order valence-corrected chi connectivity index (χ0v) is 7.64. The van der Waals surface area contributed by atoms with Gasteiger partial charge in [-0.3, -0.25) is 4.79 Å². The lowest BCUT2D eigenvalue weighted by atomic mass is 9.82. The van der Waals surface area contributed by atoms with Gasteiger partial charge in [0.2, 0.25) is 0 Å². The fraction of sp³-hybridized carbons (Fsp3) is 0.556. The molecule has 1 fully saturated rings. The van der Waals surface area contributed by atoms with E-state index >= 15 is 0 Å². The monoisotopic (exact) mass is 196 g/mol. The van der Waals surface area contributed by atoms with Crippen LogP contribution < -0.4 is 5.32 Å². The molecule has 2 rings (SSSR count). The first-order valence-corrected chi connectivity index (χ1v) is 4.62. The largest absolute Gasteiger partial charge is 0.393 e. The lowest BCUT2D eigenvalue weighted by Gasteiger charge is -2.31. The van der Waals surface area contributed by atoms with Crippen molar-refractivity contribution in [2.75, 3.05) is 6.54 Å². The Hall–Kier alpha value is -1.36. The Morgan fingerprint density at radius 3 is 3.07 bits per heavy atom. The number of carbonyl (C=O) groups excluding carboxylic acids is 1. The van der Waals surface area contributed by atoms with Gasteiger partial charge < -0.3 is 14.9 Å². The third kappa shape index (κ3) is 1.93. The number of nitrogens with one attached hydrogen (secondary N) is 1. The van der Waals surface area contributed by atoms with E-state index < -0.39 is 0 Å². The smallest absolute Gasteiger partial charge is 0.273 e. The maximum absolute atomic E-state index is 11.3. The number of amides is 1. The second-order valence-corrected chi connectivity index (χ2v) is 3.59. The molecule has 1 heterocycles. The molecule has 1 aromatic heterocycles. The van der Waals surface area contributed by atoms with E-state index in [4.69, 9.17) is 5.11 Å². The van der Waals surface area contributed by atoms with Gasteiger partial charge in [0.1, 0.15) is 6.26 Å². The molecule has 1 saturated carbocycles. The first-order chi connectivity index (χ1) is 6.75. The molecule has 14 heavy (non-hydrogen) atoms. The van der Waals surface area contributed by atoms with Crippen LogP contribution in [0.1, 0.15) is 23.3 Å². The molecule has 1 aromatic rings. The summed E-state index contributed by atoms with van der Waals surface area (Å²) < 4.78 is 4.55. The Labute approximate surface area is 81.1 Å². The van der Waals surface area contributed by atoms with E-state index in [1.165, 1.54) is 12.3 Å². The molecule has 0 saturated heterocycles. The first kappa shape index (κ1) is 9.21. The Kier molecular flexibility index (Phi) is 2.49. The van der Waals surface area contributed by atoms with Gasteiger partial charge in [-0.25, -0.2) is 0 Å². The molecule has 0 bridgehead atoms. The van der Waals surface area contributed by atoms with Gasteiger partial charge in [-0.05, 0) is 18.8 Å². The zero-order valence-electron chi connectivity index (χ0n) is 7.64. The van der Waals surface area contributed by atoms with Crippen molar-refractivity contribution >= 4 is 5.91 Å². The summed E-state index contributed by atoms with van der Waals surface area (Å²) in [7, 11) is 0. The number of hydrogen-bond donors (Lipinski definition) is 2. The number of aromatic nitrogens is 1. The van der Waals surface area contributed by atoms with Crippen molar-refractivity contribution < 1.29 is 14.4 Å². The molecule has 0 atom stereocenters. The van der Waals surface area contributed by atoms with Gasteiger partial charge >= 0.3 is 0 Å². The summed E-state index contributed by atoms with van der Waals surface area (Å²) in [5.74, 6) is 0.181. The highest BCUT2D eigenvalue weighted by molar-refractivity contribution is 5.91. The quantitative estimate of drug-likeness (QED) is 0.722. The third-order valence-electron chi connectivity index (χ3n) is 2.43. The van der Waals surface area contributed by atoms with E-state index in [-0.39, 0.29) is 12.0 Å². The standard InChI is InChI=1S/C9H12N2O3/c12-7-3-6(4-7)5-10-9(13)8-1-2-14-11-8/h1-2,6-7,12H,3-5H2,(H,10,13). The maximum atomic E-state index is 11.3. The highest BCUT2D eigenvalue weighted by atomic mass is 16.5. The molecule has 1 aliphatic rings. The lowest BCUT2D eigenvalue weighted by molar-refractivity contribution is 0.0419. The van der Waals surface area contributed by atoms with Crippen LogP contribution in [0.5, 0.6) is 0 Å². The van der Waals surface area contributed by atoms with Crippen molar-refractivity contribution in [3.63, 3.8) is 0 Å². The average Bonchev–Trinajstić information content (AvgIpc) is 2.62. The number of aliphatic hydroxyl groups is 1. The number of rotatable bonds is 3. The number of aliphatic hydroxyl groups excluding tert-OH is 1. The number of hydrogen-bond acceptors (Lipinski definition) is 4. The van der Waals surface area contributed by atoms with Crippen LogP contribution in [-0.2, 0) is 0 Å². The summed E-state index contributed by atoms with van der Waals surface area (Å²) in [5, 5.41) is 15.3. The summed E-state index contributed by atoms with van der Waals surface area (Å²) in [6, 6.07) is 1.52. The second kappa shape index (κ2) is 3.79. The second-order valence-electron chi connectivity index (χ2n) is 3.59. The average molecular weight is 196 g/mol. The molecule has 0 aromatic carbocycles. The van der Waals surface area contributed by atoms with Crippen molar-refractivity contribution in [1.29, 1.82) is 0 Å². The van der Waals surface area contributed by atoms with Crippen molar-refractivity contribution in [2.24, 2.45) is 5.92 Å². The molecule has 76 valence electrons. The number of nitrogens with zero attached hydrogens (tertiary/aromatic N) is 1. The van der Waals surface area contributed by atoms with E-state index in [1.807, 2.05) is 0 Å². The van der Waals surface area contributed by atoms with Crippen molar-refractivity contribution in [2.45, 2.75) is 18.9 Å². The van der Waals surface area contributed by atoms with Crippen LogP contribution in [0.25, 0.3) is 0 Å². The Balaban J connectivity index is 1.74. The maximum Gasteiger partial charge on any atom is 0.273 e. The third-order valence-corrected chi connectivity index (χ3v) is 2.43. The van der Waals surface area contributed by atoms with E-state index in [0.717, 1.165) is 12.8 Å². The van der Waals surface area contributed by atoms with Crippen molar-refractivity contribution in [1.82, 2.24) is 10.5 Å². The first-order valence-electron chi connectivity index (χ1n) is 4.62. The van der Waals surface area contributed by atoms with Crippen LogP contribution in [0.2, 0.25) is 0 Å². The molecule has 0 radical (unpaired) electrons. The lowest BCUT2D eigenvalue weighted by Crippen LogP contribution is -2.38. The molecular formula is C9H12N2O3. The summed E-state index contributed by atoms with van der Waals surface area (Å²) in [6.45, 7) is 0.600. The highest BCUT2D eigenvalue weighted by Crippen LogP contribution is 2.26.